The number of carbonyl (C=O) groups excluding carboxylic acids is 2. The summed E-state index contributed by atoms with van der Waals surface area (Å²) in [6.07, 6.45) is 0. The van der Waals surface area contributed by atoms with Gasteiger partial charge in [0, 0.05) is 6.07 Å². The summed E-state index contributed by atoms with van der Waals surface area (Å²) in [6.45, 7) is 1.24. The highest BCUT2D eigenvalue weighted by molar-refractivity contribution is 6.35. The Balaban J connectivity index is 2.26. The molecule has 10 heteroatoms. The van der Waals surface area contributed by atoms with E-state index in [0.717, 1.165) is 0 Å². The summed E-state index contributed by atoms with van der Waals surface area (Å²) in [6, 6.07) is 6.56. The highest BCUT2D eigenvalue weighted by Crippen LogP contribution is 2.40. The Labute approximate surface area is 178 Å². The van der Waals surface area contributed by atoms with Crippen molar-refractivity contribution in [1.29, 1.82) is 0 Å². The van der Waals surface area contributed by atoms with Crippen LogP contribution in [0.3, 0.4) is 0 Å². The highest BCUT2D eigenvalue weighted by atomic mass is 35.5. The number of ether oxygens (including phenoxy) is 4. The lowest BCUT2D eigenvalue weighted by atomic mass is 10.2. The smallest absolute Gasteiger partial charge is 0.258 e. The first kappa shape index (κ1) is 23.0. The molecular formula is C20H22ClN3O6. The fraction of sp³-hybridized carbons (Fsp3) is 0.300. The molecule has 1 unspecified atom stereocenters. The van der Waals surface area contributed by atoms with E-state index in [-0.39, 0.29) is 16.5 Å². The van der Waals surface area contributed by atoms with Crippen LogP contribution in [0.2, 0.25) is 5.02 Å². The van der Waals surface area contributed by atoms with Gasteiger partial charge in [0.2, 0.25) is 6.04 Å². The van der Waals surface area contributed by atoms with Crippen molar-refractivity contribution in [1.82, 2.24) is 0 Å². The van der Waals surface area contributed by atoms with Gasteiger partial charge >= 0.3 is 0 Å². The van der Waals surface area contributed by atoms with E-state index in [0.29, 0.717) is 22.9 Å². The lowest BCUT2D eigenvalue weighted by Gasteiger charge is -2.14. The van der Waals surface area contributed by atoms with Crippen LogP contribution in [0.25, 0.3) is 0 Å². The molecule has 2 aromatic rings. The molecule has 0 aromatic heterocycles. The molecule has 0 aliphatic rings. The summed E-state index contributed by atoms with van der Waals surface area (Å²) in [5, 5.41) is 10.6. The van der Waals surface area contributed by atoms with E-state index >= 15 is 0 Å². The molecule has 0 bridgehead atoms. The molecule has 1 amide bonds. The van der Waals surface area contributed by atoms with Crippen LogP contribution in [0.15, 0.2) is 40.6 Å². The largest absolute Gasteiger partial charge is 0.493 e. The number of benzene rings is 2. The number of ketones is 1. The molecule has 160 valence electrons. The van der Waals surface area contributed by atoms with Crippen LogP contribution >= 0.6 is 11.6 Å². The van der Waals surface area contributed by atoms with Crippen molar-refractivity contribution in [3.63, 3.8) is 0 Å². The summed E-state index contributed by atoms with van der Waals surface area (Å²) < 4.78 is 20.7. The van der Waals surface area contributed by atoms with Crippen molar-refractivity contribution in [2.45, 2.75) is 13.0 Å². The van der Waals surface area contributed by atoms with Gasteiger partial charge in [0.25, 0.3) is 5.91 Å². The van der Waals surface area contributed by atoms with Gasteiger partial charge in [0.05, 0.1) is 39.8 Å². The molecule has 9 nitrogen and oxygen atoms in total. The zero-order valence-electron chi connectivity index (χ0n) is 17.2. The van der Waals surface area contributed by atoms with E-state index in [9.17, 15) is 9.59 Å². The van der Waals surface area contributed by atoms with Gasteiger partial charge in [-0.2, -0.15) is 10.2 Å². The quantitative estimate of drug-likeness (QED) is 0.470. The Bertz CT molecular complexity index is 964. The fourth-order valence-electron chi connectivity index (χ4n) is 2.52. The molecule has 0 spiro atoms. The average Bonchev–Trinajstić information content (AvgIpc) is 2.74. The van der Waals surface area contributed by atoms with Crippen LogP contribution in [0.1, 0.15) is 6.92 Å². The second-order valence-corrected chi connectivity index (χ2v) is 6.30. The van der Waals surface area contributed by atoms with Gasteiger partial charge in [-0.15, -0.1) is 0 Å². The van der Waals surface area contributed by atoms with E-state index in [2.05, 4.69) is 15.5 Å². The number of nitrogens with one attached hydrogen (secondary N) is 1. The first-order valence-corrected chi connectivity index (χ1v) is 9.08. The number of halogens is 1. The van der Waals surface area contributed by atoms with Gasteiger partial charge in [0.1, 0.15) is 5.02 Å². The zero-order chi connectivity index (χ0) is 22.3. The molecule has 0 aliphatic heterocycles. The van der Waals surface area contributed by atoms with Gasteiger partial charge < -0.3 is 24.3 Å². The van der Waals surface area contributed by atoms with Gasteiger partial charge in [0.15, 0.2) is 28.8 Å². The van der Waals surface area contributed by atoms with Gasteiger partial charge in [-0.25, -0.2) is 0 Å². The SMILES string of the molecule is COc1ccc(N=NC(C(C)=O)C(=O)Nc2ccc(OC)c(OC)c2Cl)cc1OC. The highest BCUT2D eigenvalue weighted by Gasteiger charge is 2.25. The number of anilines is 1. The summed E-state index contributed by atoms with van der Waals surface area (Å²) in [7, 11) is 5.88. The molecule has 0 radical (unpaired) electrons. The molecule has 30 heavy (non-hydrogen) atoms. The minimum atomic E-state index is -1.37. The van der Waals surface area contributed by atoms with Crippen molar-refractivity contribution in [2.75, 3.05) is 33.8 Å². The first-order valence-electron chi connectivity index (χ1n) is 8.70. The summed E-state index contributed by atoms with van der Waals surface area (Å²) in [5.41, 5.74) is 0.628. The third-order valence-electron chi connectivity index (χ3n) is 4.03. The van der Waals surface area contributed by atoms with Crippen molar-refractivity contribution in [2.24, 2.45) is 10.2 Å². The molecule has 0 aliphatic carbocycles. The second-order valence-electron chi connectivity index (χ2n) is 5.92. The molecule has 2 rings (SSSR count). The van der Waals surface area contributed by atoms with E-state index < -0.39 is 17.7 Å². The predicted octanol–water partition coefficient (Wildman–Crippen LogP) is 4.05. The van der Waals surface area contributed by atoms with Gasteiger partial charge in [-0.3, -0.25) is 9.59 Å². The third kappa shape index (κ3) is 5.18. The van der Waals surface area contributed by atoms with Crippen LogP contribution < -0.4 is 24.3 Å². The number of amides is 1. The Hall–Kier alpha value is -3.33. The van der Waals surface area contributed by atoms with Crippen LogP contribution in [0, 0.1) is 0 Å². The van der Waals surface area contributed by atoms with Crippen LogP contribution in [-0.4, -0.2) is 46.2 Å². The lowest BCUT2D eigenvalue weighted by Crippen LogP contribution is -2.31. The average molecular weight is 436 g/mol. The van der Waals surface area contributed by atoms with Crippen LogP contribution in [0.5, 0.6) is 23.0 Å². The molecule has 0 saturated heterocycles. The minimum absolute atomic E-state index is 0.129. The number of Topliss-reactive ketones (excluding diaryl/α,β-unsaturated/α-hetero) is 1. The van der Waals surface area contributed by atoms with Crippen molar-refractivity contribution < 1.29 is 28.5 Å². The number of hydrogen-bond acceptors (Lipinski definition) is 8. The summed E-state index contributed by atoms with van der Waals surface area (Å²) in [4.78, 5) is 24.6. The zero-order valence-corrected chi connectivity index (χ0v) is 17.9. The maximum absolute atomic E-state index is 12.6. The Kier molecular flexibility index (Phi) is 7.99. The molecule has 1 atom stereocenters. The van der Waals surface area contributed by atoms with Crippen LogP contribution in [-0.2, 0) is 9.59 Å². The van der Waals surface area contributed by atoms with Gasteiger partial charge in [-0.05, 0) is 31.2 Å². The molecule has 0 saturated carbocycles. The van der Waals surface area contributed by atoms with Gasteiger partial charge in [-0.1, -0.05) is 11.6 Å². The second kappa shape index (κ2) is 10.4. The van der Waals surface area contributed by atoms with E-state index in [1.807, 2.05) is 0 Å². The normalized spacial score (nSPS) is 11.7. The molecule has 0 heterocycles. The van der Waals surface area contributed by atoms with Crippen molar-refractivity contribution in [3.8, 4) is 23.0 Å². The van der Waals surface area contributed by atoms with E-state index in [1.54, 1.807) is 24.3 Å². The lowest BCUT2D eigenvalue weighted by molar-refractivity contribution is -0.126. The summed E-state index contributed by atoms with van der Waals surface area (Å²) >= 11 is 6.27. The molecule has 2 aromatic carbocycles. The number of hydrogen-bond donors (Lipinski definition) is 1. The minimum Gasteiger partial charge on any atom is -0.493 e. The number of methoxy groups -OCH3 is 4. The maximum Gasteiger partial charge on any atom is 0.258 e. The molecular weight excluding hydrogens is 414 g/mol. The standard InChI is InChI=1S/C20H22ClN3O6/c1-11(25)18(24-23-12-6-8-14(27-2)16(10-12)29-4)20(26)22-13-7-9-15(28-3)19(30-5)17(13)21/h6-10,18H,1-5H3,(H,22,26). The summed E-state index contributed by atoms with van der Waals surface area (Å²) in [5.74, 6) is 0.421. The number of nitrogens with zero attached hydrogens (tertiary/aromatic N) is 2. The predicted molar refractivity (Wildman–Crippen MR) is 112 cm³/mol. The number of carbonyl (C=O) groups is 2. The van der Waals surface area contributed by atoms with E-state index in [1.165, 1.54) is 41.4 Å². The number of azo groups is 1. The van der Waals surface area contributed by atoms with Crippen molar-refractivity contribution in [3.05, 3.63) is 35.4 Å². The van der Waals surface area contributed by atoms with Crippen LogP contribution in [0.4, 0.5) is 11.4 Å². The van der Waals surface area contributed by atoms with E-state index in [4.69, 9.17) is 30.5 Å². The molecule has 1 N–H and O–H groups in total. The Morgan fingerprint density at radius 2 is 1.57 bits per heavy atom. The topological polar surface area (TPSA) is 108 Å². The fourth-order valence-corrected chi connectivity index (χ4v) is 2.80. The number of rotatable bonds is 9. The third-order valence-corrected chi connectivity index (χ3v) is 4.41. The van der Waals surface area contributed by atoms with Crippen molar-refractivity contribution >= 4 is 34.7 Å². The maximum atomic E-state index is 12.6. The monoisotopic (exact) mass is 435 g/mol. The Morgan fingerprint density at radius 3 is 2.13 bits per heavy atom. The Morgan fingerprint density at radius 1 is 0.933 bits per heavy atom. The first-order chi connectivity index (χ1) is 14.4. The molecule has 0 fully saturated rings.